The number of hydrogen-bond donors (Lipinski definition) is 0. The Morgan fingerprint density at radius 2 is 1.77 bits per heavy atom. The molecular formula is C19H13F4N3. The van der Waals surface area contributed by atoms with Gasteiger partial charge in [-0.2, -0.15) is 13.2 Å². The zero-order chi connectivity index (χ0) is 18.5. The Kier molecular flexibility index (Phi) is 3.68. The van der Waals surface area contributed by atoms with Crippen molar-refractivity contribution < 1.29 is 17.6 Å². The van der Waals surface area contributed by atoms with Gasteiger partial charge in [-0.05, 0) is 49.4 Å². The van der Waals surface area contributed by atoms with Gasteiger partial charge in [0.2, 0.25) is 0 Å². The second kappa shape index (κ2) is 5.79. The van der Waals surface area contributed by atoms with Crippen LogP contribution in [0.4, 0.5) is 17.6 Å². The van der Waals surface area contributed by atoms with E-state index in [0.717, 1.165) is 17.8 Å². The van der Waals surface area contributed by atoms with Crippen LogP contribution in [0.5, 0.6) is 0 Å². The summed E-state index contributed by atoms with van der Waals surface area (Å²) in [6.45, 7) is 2.05. The van der Waals surface area contributed by atoms with Gasteiger partial charge in [-0.3, -0.25) is 9.56 Å². The maximum absolute atomic E-state index is 13.3. The molecule has 1 aromatic heterocycles. The predicted molar refractivity (Wildman–Crippen MR) is 89.0 cm³/mol. The highest BCUT2D eigenvalue weighted by Crippen LogP contribution is 2.34. The van der Waals surface area contributed by atoms with Crippen molar-refractivity contribution in [2.45, 2.75) is 19.6 Å². The number of aromatic nitrogens is 2. The van der Waals surface area contributed by atoms with Gasteiger partial charge in [-0.15, -0.1) is 0 Å². The van der Waals surface area contributed by atoms with Gasteiger partial charge < -0.3 is 0 Å². The predicted octanol–water partition coefficient (Wildman–Crippen LogP) is 4.69. The third-order valence-corrected chi connectivity index (χ3v) is 4.33. The minimum absolute atomic E-state index is 0.219. The number of alkyl halides is 3. The van der Waals surface area contributed by atoms with E-state index in [2.05, 4.69) is 9.98 Å². The molecule has 0 radical (unpaired) electrons. The quantitative estimate of drug-likeness (QED) is 0.580. The highest BCUT2D eigenvalue weighted by molar-refractivity contribution is 6.15. The van der Waals surface area contributed by atoms with Crippen LogP contribution in [0.25, 0.3) is 5.69 Å². The molecule has 26 heavy (non-hydrogen) atoms. The monoisotopic (exact) mass is 359 g/mol. The van der Waals surface area contributed by atoms with Gasteiger partial charge in [0.05, 0.1) is 23.5 Å². The van der Waals surface area contributed by atoms with Crippen LogP contribution in [-0.4, -0.2) is 15.3 Å². The molecule has 0 amide bonds. The summed E-state index contributed by atoms with van der Waals surface area (Å²) in [6.07, 6.45) is -2.81. The van der Waals surface area contributed by atoms with Crippen LogP contribution >= 0.6 is 0 Å². The van der Waals surface area contributed by atoms with Gasteiger partial charge >= 0.3 is 6.18 Å². The van der Waals surface area contributed by atoms with Crippen LogP contribution in [0.15, 0.2) is 53.7 Å². The molecule has 0 spiro atoms. The molecule has 0 aliphatic carbocycles. The van der Waals surface area contributed by atoms with Gasteiger partial charge in [-0.1, -0.05) is 0 Å². The van der Waals surface area contributed by atoms with E-state index in [4.69, 9.17) is 0 Å². The number of aliphatic imine (C=N–C) groups is 1. The average Bonchev–Trinajstić information content (AvgIpc) is 2.87. The van der Waals surface area contributed by atoms with Crippen molar-refractivity contribution in [1.29, 1.82) is 0 Å². The molecule has 132 valence electrons. The first kappa shape index (κ1) is 16.5. The lowest BCUT2D eigenvalue weighted by molar-refractivity contribution is -0.137. The minimum Gasteiger partial charge on any atom is -0.299 e. The van der Waals surface area contributed by atoms with Crippen molar-refractivity contribution in [3.05, 3.63) is 82.7 Å². The van der Waals surface area contributed by atoms with E-state index < -0.39 is 17.6 Å². The summed E-state index contributed by atoms with van der Waals surface area (Å²) in [6, 6.07) is 9.13. The molecule has 1 aliphatic heterocycles. The van der Waals surface area contributed by atoms with E-state index in [9.17, 15) is 17.6 Å². The molecule has 0 saturated heterocycles. The van der Waals surface area contributed by atoms with Crippen LogP contribution in [0.3, 0.4) is 0 Å². The molecule has 3 aromatic rings. The van der Waals surface area contributed by atoms with E-state index in [1.54, 1.807) is 10.8 Å². The highest BCUT2D eigenvalue weighted by Gasteiger charge is 2.32. The lowest BCUT2D eigenvalue weighted by Crippen LogP contribution is -2.12. The minimum atomic E-state index is -4.47. The maximum atomic E-state index is 13.3. The maximum Gasteiger partial charge on any atom is 0.416 e. The number of imidazole rings is 1. The topological polar surface area (TPSA) is 30.2 Å². The van der Waals surface area contributed by atoms with Crippen LogP contribution < -0.4 is 0 Å². The second-order valence-corrected chi connectivity index (χ2v) is 6.05. The number of hydrogen-bond acceptors (Lipinski definition) is 2. The number of fused-ring (bicyclic) bond motifs is 3. The summed E-state index contributed by atoms with van der Waals surface area (Å²) in [7, 11) is 0. The SMILES string of the molecule is Cc1cnc2n1-c1ccc(C(F)(F)F)cc1C(c1ccc(F)cc1)=NC2. The Bertz CT molecular complexity index is 1010. The fraction of sp³-hybridized carbons (Fsp3) is 0.158. The van der Waals surface area contributed by atoms with E-state index >= 15 is 0 Å². The van der Waals surface area contributed by atoms with Crippen LogP contribution in [0.1, 0.15) is 28.2 Å². The summed E-state index contributed by atoms with van der Waals surface area (Å²) in [5, 5.41) is 0. The van der Waals surface area contributed by atoms with Crippen LogP contribution in [0, 0.1) is 12.7 Å². The number of benzene rings is 2. The van der Waals surface area contributed by atoms with Gasteiger partial charge in [0.25, 0.3) is 0 Å². The Balaban J connectivity index is 1.99. The van der Waals surface area contributed by atoms with E-state index in [1.165, 1.54) is 30.3 Å². The van der Waals surface area contributed by atoms with Crippen molar-refractivity contribution >= 4 is 5.71 Å². The zero-order valence-electron chi connectivity index (χ0n) is 13.7. The fourth-order valence-electron chi connectivity index (χ4n) is 3.11. The van der Waals surface area contributed by atoms with Crippen molar-refractivity contribution in [2.75, 3.05) is 0 Å². The molecule has 3 nitrogen and oxygen atoms in total. The van der Waals surface area contributed by atoms with Crippen molar-refractivity contribution in [1.82, 2.24) is 9.55 Å². The molecule has 0 saturated carbocycles. The highest BCUT2D eigenvalue weighted by atomic mass is 19.4. The third-order valence-electron chi connectivity index (χ3n) is 4.33. The van der Waals surface area contributed by atoms with Gasteiger partial charge in [0.15, 0.2) is 0 Å². The Morgan fingerprint density at radius 3 is 2.46 bits per heavy atom. The van der Waals surface area contributed by atoms with Gasteiger partial charge in [0, 0.05) is 23.0 Å². The van der Waals surface area contributed by atoms with Crippen molar-refractivity contribution in [3.8, 4) is 5.69 Å². The van der Waals surface area contributed by atoms with E-state index in [0.29, 0.717) is 28.4 Å². The number of nitrogens with zero attached hydrogens (tertiary/aromatic N) is 3. The average molecular weight is 359 g/mol. The molecule has 0 unspecified atom stereocenters. The molecule has 0 atom stereocenters. The number of aryl methyl sites for hydroxylation is 1. The number of halogens is 4. The number of rotatable bonds is 1. The molecule has 0 N–H and O–H groups in total. The lowest BCUT2D eigenvalue weighted by Gasteiger charge is -2.16. The normalized spacial score (nSPS) is 13.7. The molecule has 0 fully saturated rings. The third kappa shape index (κ3) is 2.69. The largest absolute Gasteiger partial charge is 0.416 e. The van der Waals surface area contributed by atoms with E-state index in [1.807, 2.05) is 6.92 Å². The summed E-state index contributed by atoms with van der Waals surface area (Å²) < 4.78 is 54.8. The first-order chi connectivity index (χ1) is 12.3. The molecule has 7 heteroatoms. The molecule has 1 aliphatic rings. The van der Waals surface area contributed by atoms with Crippen molar-refractivity contribution in [3.63, 3.8) is 0 Å². The summed E-state index contributed by atoms with van der Waals surface area (Å²) in [5.41, 5.74) is 1.89. The Labute approximate surface area is 146 Å². The first-order valence-electron chi connectivity index (χ1n) is 7.90. The summed E-state index contributed by atoms with van der Waals surface area (Å²) >= 11 is 0. The van der Waals surface area contributed by atoms with Gasteiger partial charge in [-0.25, -0.2) is 9.37 Å². The second-order valence-electron chi connectivity index (χ2n) is 6.05. The smallest absolute Gasteiger partial charge is 0.299 e. The standard InChI is InChI=1S/C19H13F4N3/c1-11-9-24-17-10-25-18(12-2-5-14(20)6-3-12)15-8-13(19(21,22)23)4-7-16(15)26(11)17/h2-9H,10H2,1H3. The molecule has 4 rings (SSSR count). The van der Waals surface area contributed by atoms with Gasteiger partial charge in [0.1, 0.15) is 11.6 Å². The Morgan fingerprint density at radius 1 is 1.04 bits per heavy atom. The Hall–Kier alpha value is -2.96. The lowest BCUT2D eigenvalue weighted by atomic mass is 9.98. The molecular weight excluding hydrogens is 346 g/mol. The zero-order valence-corrected chi connectivity index (χ0v) is 13.7. The first-order valence-corrected chi connectivity index (χ1v) is 7.90. The van der Waals surface area contributed by atoms with Crippen LogP contribution in [-0.2, 0) is 12.7 Å². The van der Waals surface area contributed by atoms with Crippen molar-refractivity contribution in [2.24, 2.45) is 4.99 Å². The fourth-order valence-corrected chi connectivity index (χ4v) is 3.11. The van der Waals surface area contributed by atoms with Crippen LogP contribution in [0.2, 0.25) is 0 Å². The molecule has 0 bridgehead atoms. The summed E-state index contributed by atoms with van der Waals surface area (Å²) in [5.74, 6) is 0.219. The molecule has 2 heterocycles. The summed E-state index contributed by atoms with van der Waals surface area (Å²) in [4.78, 5) is 8.79. The van der Waals surface area contributed by atoms with E-state index in [-0.39, 0.29) is 6.54 Å². The molecule has 2 aromatic carbocycles.